The van der Waals surface area contributed by atoms with E-state index in [0.717, 1.165) is 4.47 Å². The van der Waals surface area contributed by atoms with E-state index < -0.39 is 5.97 Å². The van der Waals surface area contributed by atoms with Gasteiger partial charge in [0.1, 0.15) is 5.75 Å². The number of halogens is 1. The van der Waals surface area contributed by atoms with Crippen molar-refractivity contribution in [2.45, 2.75) is 6.92 Å². The molecule has 2 rings (SSSR count). The summed E-state index contributed by atoms with van der Waals surface area (Å²) in [4.78, 5) is 15.7. The van der Waals surface area contributed by atoms with Gasteiger partial charge in [-0.2, -0.15) is 0 Å². The zero-order valence-electron chi connectivity index (χ0n) is 10.6. The van der Waals surface area contributed by atoms with Crippen LogP contribution in [0, 0.1) is 0 Å². The van der Waals surface area contributed by atoms with Crippen LogP contribution < -0.4 is 4.74 Å². The minimum atomic E-state index is -0.491. The fourth-order valence-corrected chi connectivity index (χ4v) is 1.76. The zero-order valence-corrected chi connectivity index (χ0v) is 12.2. The van der Waals surface area contributed by atoms with Gasteiger partial charge in [0.05, 0.1) is 12.9 Å². The molecule has 0 aliphatic heterocycles. The average Bonchev–Trinajstić information content (AvgIpc) is 2.74. The van der Waals surface area contributed by atoms with Gasteiger partial charge in [-0.1, -0.05) is 15.9 Å². The van der Waals surface area contributed by atoms with Crippen LogP contribution in [0.5, 0.6) is 11.6 Å². The lowest BCUT2D eigenvalue weighted by Gasteiger charge is -2.08. The van der Waals surface area contributed by atoms with Crippen LogP contribution in [0.3, 0.4) is 0 Å². The number of hydrogen-bond donors (Lipinski definition) is 0. The first-order valence-corrected chi connectivity index (χ1v) is 6.53. The number of carbonyl (C=O) groups is 1. The second kappa shape index (κ2) is 5.88. The topological polar surface area (TPSA) is 53.3 Å². The Bertz CT molecular complexity index is 578. The minimum absolute atomic E-state index is 0.173. The molecule has 1 heterocycles. The third-order valence-corrected chi connectivity index (χ3v) is 2.91. The van der Waals surface area contributed by atoms with Crippen LogP contribution in [0.25, 0.3) is 0 Å². The van der Waals surface area contributed by atoms with Crippen LogP contribution in [0.1, 0.15) is 17.4 Å². The second-order valence-corrected chi connectivity index (χ2v) is 4.70. The highest BCUT2D eigenvalue weighted by Gasteiger charge is 2.20. The van der Waals surface area contributed by atoms with Crippen molar-refractivity contribution in [3.63, 3.8) is 0 Å². The number of hydrogen-bond acceptors (Lipinski definition) is 4. The van der Waals surface area contributed by atoms with Gasteiger partial charge in [-0.25, -0.2) is 9.78 Å². The summed E-state index contributed by atoms with van der Waals surface area (Å²) in [5.74, 6) is 0.494. The number of benzene rings is 1. The molecule has 2 aromatic rings. The summed E-state index contributed by atoms with van der Waals surface area (Å²) in [6.07, 6.45) is 1.51. The molecule has 6 heteroatoms. The van der Waals surface area contributed by atoms with Crippen LogP contribution >= 0.6 is 15.9 Å². The van der Waals surface area contributed by atoms with Crippen molar-refractivity contribution in [1.29, 1.82) is 0 Å². The van der Waals surface area contributed by atoms with E-state index in [9.17, 15) is 4.79 Å². The summed E-state index contributed by atoms with van der Waals surface area (Å²) in [6.45, 7) is 2.04. The summed E-state index contributed by atoms with van der Waals surface area (Å²) in [5, 5.41) is 0. The molecule has 1 aromatic carbocycles. The predicted octanol–water partition coefficient (Wildman–Crippen LogP) is 3.15. The lowest BCUT2D eigenvalue weighted by molar-refractivity contribution is 0.0516. The molecule has 0 aliphatic carbocycles. The van der Waals surface area contributed by atoms with Crippen LogP contribution in [-0.4, -0.2) is 22.1 Å². The number of esters is 1. The fourth-order valence-electron chi connectivity index (χ4n) is 1.49. The van der Waals surface area contributed by atoms with Gasteiger partial charge >= 0.3 is 5.97 Å². The molecule has 0 spiro atoms. The molecule has 100 valence electrons. The Morgan fingerprint density at radius 3 is 2.68 bits per heavy atom. The molecule has 1 aromatic heterocycles. The van der Waals surface area contributed by atoms with E-state index in [0.29, 0.717) is 18.2 Å². The Balaban J connectivity index is 2.26. The Morgan fingerprint density at radius 2 is 2.05 bits per heavy atom. The molecular weight excluding hydrogens is 312 g/mol. The minimum Gasteiger partial charge on any atom is -0.461 e. The average molecular weight is 325 g/mol. The number of carbonyl (C=O) groups excluding carboxylic acids is 1. The molecular formula is C13H13BrN2O3. The van der Waals surface area contributed by atoms with Gasteiger partial charge in [-0.15, -0.1) is 0 Å². The van der Waals surface area contributed by atoms with Gasteiger partial charge in [-0.3, -0.25) is 0 Å². The maximum atomic E-state index is 11.7. The molecule has 0 bridgehead atoms. The molecule has 0 N–H and O–H groups in total. The number of nitrogens with zero attached hydrogens (tertiary/aromatic N) is 2. The molecule has 0 saturated heterocycles. The number of aryl methyl sites for hydroxylation is 1. The van der Waals surface area contributed by atoms with Crippen molar-refractivity contribution in [1.82, 2.24) is 9.55 Å². The zero-order chi connectivity index (χ0) is 13.8. The number of aromatic nitrogens is 2. The van der Waals surface area contributed by atoms with E-state index in [1.807, 2.05) is 12.1 Å². The van der Waals surface area contributed by atoms with Crippen LogP contribution in [-0.2, 0) is 11.8 Å². The van der Waals surface area contributed by atoms with Crippen LogP contribution in [0.4, 0.5) is 0 Å². The highest BCUT2D eigenvalue weighted by Crippen LogP contribution is 2.26. The Morgan fingerprint density at radius 1 is 1.37 bits per heavy atom. The summed E-state index contributed by atoms with van der Waals surface area (Å²) in [7, 11) is 1.75. The van der Waals surface area contributed by atoms with Gasteiger partial charge < -0.3 is 14.0 Å². The highest BCUT2D eigenvalue weighted by atomic mass is 79.9. The summed E-state index contributed by atoms with van der Waals surface area (Å²) < 4.78 is 13.2. The molecule has 5 nitrogen and oxygen atoms in total. The van der Waals surface area contributed by atoms with Crippen LogP contribution in [0.15, 0.2) is 35.1 Å². The quantitative estimate of drug-likeness (QED) is 0.811. The fraction of sp³-hybridized carbons (Fsp3) is 0.231. The first-order chi connectivity index (χ1) is 9.11. The predicted molar refractivity (Wildman–Crippen MR) is 73.4 cm³/mol. The summed E-state index contributed by atoms with van der Waals surface area (Å²) in [6, 6.07) is 7.31. The summed E-state index contributed by atoms with van der Waals surface area (Å²) >= 11 is 3.35. The maximum Gasteiger partial charge on any atom is 0.362 e. The maximum absolute atomic E-state index is 11.7. The molecule has 19 heavy (non-hydrogen) atoms. The van der Waals surface area contributed by atoms with Gasteiger partial charge in [0, 0.05) is 11.5 Å². The van der Waals surface area contributed by atoms with E-state index in [4.69, 9.17) is 9.47 Å². The van der Waals surface area contributed by atoms with E-state index >= 15 is 0 Å². The molecule has 0 fully saturated rings. The Kier molecular flexibility index (Phi) is 4.21. The van der Waals surface area contributed by atoms with Crippen molar-refractivity contribution in [2.75, 3.05) is 6.61 Å². The lowest BCUT2D eigenvalue weighted by Crippen LogP contribution is -2.07. The largest absolute Gasteiger partial charge is 0.461 e. The van der Waals surface area contributed by atoms with Gasteiger partial charge in [0.25, 0.3) is 0 Å². The molecule has 0 radical (unpaired) electrons. The van der Waals surface area contributed by atoms with Crippen molar-refractivity contribution >= 4 is 21.9 Å². The Hall–Kier alpha value is -1.82. The van der Waals surface area contributed by atoms with E-state index in [2.05, 4.69) is 20.9 Å². The van der Waals surface area contributed by atoms with Crippen molar-refractivity contribution in [3.8, 4) is 11.6 Å². The number of ether oxygens (including phenoxy) is 2. The number of rotatable bonds is 4. The van der Waals surface area contributed by atoms with Gasteiger partial charge in [0.15, 0.2) is 0 Å². The lowest BCUT2D eigenvalue weighted by atomic mass is 10.3. The van der Waals surface area contributed by atoms with E-state index in [-0.39, 0.29) is 5.69 Å². The monoisotopic (exact) mass is 324 g/mol. The molecule has 0 unspecified atom stereocenters. The SMILES string of the molecule is CCOC(=O)c1ncn(C)c1Oc1ccc(Br)cc1. The second-order valence-electron chi connectivity index (χ2n) is 3.79. The standard InChI is InChI=1S/C13H13BrN2O3/c1-3-18-13(17)11-12(16(2)8-15-11)19-10-6-4-9(14)5-7-10/h4-8H,3H2,1-2H3. The number of imidazole rings is 1. The third kappa shape index (κ3) is 3.14. The first kappa shape index (κ1) is 13.6. The smallest absolute Gasteiger partial charge is 0.362 e. The van der Waals surface area contributed by atoms with E-state index in [1.165, 1.54) is 6.33 Å². The van der Waals surface area contributed by atoms with E-state index in [1.54, 1.807) is 30.7 Å². The molecule has 0 saturated carbocycles. The molecule has 0 atom stereocenters. The first-order valence-electron chi connectivity index (χ1n) is 5.73. The summed E-state index contributed by atoms with van der Waals surface area (Å²) in [5.41, 5.74) is 0.173. The normalized spacial score (nSPS) is 10.3. The third-order valence-electron chi connectivity index (χ3n) is 2.38. The molecule has 0 aliphatic rings. The Labute approximate surface area is 119 Å². The van der Waals surface area contributed by atoms with Gasteiger partial charge in [0.2, 0.25) is 11.6 Å². The van der Waals surface area contributed by atoms with Crippen molar-refractivity contribution in [2.24, 2.45) is 7.05 Å². The molecule has 0 amide bonds. The van der Waals surface area contributed by atoms with Crippen molar-refractivity contribution < 1.29 is 14.3 Å². The van der Waals surface area contributed by atoms with Gasteiger partial charge in [-0.05, 0) is 31.2 Å². The highest BCUT2D eigenvalue weighted by molar-refractivity contribution is 9.10. The van der Waals surface area contributed by atoms with Crippen LogP contribution in [0.2, 0.25) is 0 Å². The van der Waals surface area contributed by atoms with Crippen molar-refractivity contribution in [3.05, 3.63) is 40.8 Å².